The average molecular weight is 592 g/mol. The van der Waals surface area contributed by atoms with Gasteiger partial charge in [0.05, 0.1) is 28.4 Å². The second kappa shape index (κ2) is 9.41. The van der Waals surface area contributed by atoms with Gasteiger partial charge < -0.3 is 10.4 Å². The van der Waals surface area contributed by atoms with Crippen molar-refractivity contribution in [2.75, 3.05) is 0 Å². The Morgan fingerprint density at radius 2 is 1.69 bits per heavy atom. The molecule has 2 fully saturated rings. The molecule has 0 radical (unpaired) electrons. The van der Waals surface area contributed by atoms with E-state index in [0.717, 1.165) is 47.5 Å². The van der Waals surface area contributed by atoms with Crippen molar-refractivity contribution >= 4 is 28.3 Å². The van der Waals surface area contributed by atoms with Crippen LogP contribution in [0.3, 0.4) is 0 Å². The molecular formula is C28H23F6N5O3. The highest BCUT2D eigenvalue weighted by molar-refractivity contribution is 6.00. The number of halogens is 6. The minimum Gasteiger partial charge on any atom is -0.370 e. The van der Waals surface area contributed by atoms with Crippen LogP contribution in [0.1, 0.15) is 53.2 Å². The van der Waals surface area contributed by atoms with Gasteiger partial charge in [0.25, 0.3) is 17.1 Å². The van der Waals surface area contributed by atoms with E-state index >= 15 is 0 Å². The van der Waals surface area contributed by atoms with E-state index in [1.54, 1.807) is 12.1 Å². The molecule has 0 aliphatic heterocycles. The van der Waals surface area contributed by atoms with Crippen molar-refractivity contribution in [2.24, 2.45) is 5.41 Å². The number of pyridine rings is 1. The fourth-order valence-electron chi connectivity index (χ4n) is 6.15. The van der Waals surface area contributed by atoms with Gasteiger partial charge in [-0.3, -0.25) is 9.59 Å². The molecule has 4 aromatic rings. The summed E-state index contributed by atoms with van der Waals surface area (Å²) < 4.78 is 78.7. The molecule has 2 saturated carbocycles. The normalized spacial score (nSPS) is 22.9. The van der Waals surface area contributed by atoms with Gasteiger partial charge in [-0.1, -0.05) is 30.3 Å². The molecule has 220 valence electrons. The number of aliphatic hydroxyl groups is 1. The Kier molecular flexibility index (Phi) is 6.26. The summed E-state index contributed by atoms with van der Waals surface area (Å²) in [6.07, 6.45) is -6.10. The molecule has 2 aliphatic rings. The minimum absolute atomic E-state index is 0.0710. The van der Waals surface area contributed by atoms with Gasteiger partial charge in [0, 0.05) is 23.5 Å². The van der Waals surface area contributed by atoms with Crippen molar-refractivity contribution in [3.8, 4) is 0 Å². The smallest absolute Gasteiger partial charge is 0.370 e. The van der Waals surface area contributed by atoms with Gasteiger partial charge in [-0.2, -0.15) is 36.5 Å². The maximum atomic E-state index is 13.0. The Hall–Kier alpha value is -4.20. The number of amides is 1. The van der Waals surface area contributed by atoms with E-state index in [-0.39, 0.29) is 40.1 Å². The van der Waals surface area contributed by atoms with Gasteiger partial charge in [-0.25, -0.2) is 9.61 Å². The van der Waals surface area contributed by atoms with Gasteiger partial charge in [0.15, 0.2) is 0 Å². The molecule has 6 rings (SSSR count). The first-order valence-corrected chi connectivity index (χ1v) is 13.0. The third-order valence-corrected chi connectivity index (χ3v) is 8.33. The number of carbonyl (C=O) groups is 1. The largest absolute Gasteiger partial charge is 0.430 e. The molecule has 42 heavy (non-hydrogen) atoms. The molecule has 14 heteroatoms. The highest BCUT2D eigenvalue weighted by atomic mass is 19.4. The lowest BCUT2D eigenvalue weighted by Gasteiger charge is -2.57. The predicted octanol–water partition coefficient (Wildman–Crippen LogP) is 4.90. The van der Waals surface area contributed by atoms with Gasteiger partial charge in [0.1, 0.15) is 0 Å². The van der Waals surface area contributed by atoms with E-state index in [0.29, 0.717) is 17.0 Å². The first-order valence-electron chi connectivity index (χ1n) is 13.0. The number of hydrogen-bond donors (Lipinski definition) is 3. The maximum absolute atomic E-state index is 13.0. The summed E-state index contributed by atoms with van der Waals surface area (Å²) in [5, 5.41) is 24.6. The molecule has 8 nitrogen and oxygen atoms in total. The van der Waals surface area contributed by atoms with Crippen LogP contribution in [0, 0.1) is 5.41 Å². The van der Waals surface area contributed by atoms with Crippen LogP contribution in [0.15, 0.2) is 59.7 Å². The summed E-state index contributed by atoms with van der Waals surface area (Å²) in [4.78, 5) is 25.0. The second-order valence-corrected chi connectivity index (χ2v) is 11.1. The molecule has 3 heterocycles. The zero-order chi connectivity index (χ0) is 30.1. The molecule has 3 aromatic heterocycles. The van der Waals surface area contributed by atoms with E-state index in [2.05, 4.69) is 20.6 Å². The number of fused-ring (bicyclic) bond motifs is 2. The third-order valence-electron chi connectivity index (χ3n) is 8.33. The number of nitrogens with one attached hydrogen (secondary N) is 2. The zero-order valence-corrected chi connectivity index (χ0v) is 21.6. The fourth-order valence-corrected chi connectivity index (χ4v) is 6.15. The lowest BCUT2D eigenvalue weighted by molar-refractivity contribution is -0.347. The molecule has 1 spiro atoms. The van der Waals surface area contributed by atoms with Gasteiger partial charge in [-0.15, -0.1) is 0 Å². The quantitative estimate of drug-likeness (QED) is 0.286. The Morgan fingerprint density at radius 3 is 2.36 bits per heavy atom. The van der Waals surface area contributed by atoms with Crippen LogP contribution in [-0.4, -0.2) is 54.8 Å². The standard InChI is InChI=1S/C28H23F6N5O3/c29-27(30,31)26(42,28(32,33)34)8-7-15-5-6-21-20(13-35-39(21)14-15)23(40)36-17-11-25(12-17)9-16(10-25)22-18-3-1-2-4-19(18)24(41)38-37-22/h1-8,13-14,16-17,42H,9-12H2,(H,36,40)(H,38,41)/b8-7+/t16-,17-,25?. The van der Waals surface area contributed by atoms with E-state index in [9.17, 15) is 41.0 Å². The van der Waals surface area contributed by atoms with Crippen LogP contribution < -0.4 is 10.9 Å². The van der Waals surface area contributed by atoms with Crippen LogP contribution in [0.4, 0.5) is 26.3 Å². The van der Waals surface area contributed by atoms with E-state index in [1.807, 2.05) is 12.1 Å². The van der Waals surface area contributed by atoms with Gasteiger partial charge in [0.2, 0.25) is 0 Å². The van der Waals surface area contributed by atoms with Crippen LogP contribution in [0.2, 0.25) is 0 Å². The highest BCUT2D eigenvalue weighted by Crippen LogP contribution is 2.62. The maximum Gasteiger partial charge on any atom is 0.430 e. The lowest BCUT2D eigenvalue weighted by atomic mass is 9.49. The molecule has 1 aromatic carbocycles. The van der Waals surface area contributed by atoms with E-state index < -0.39 is 23.9 Å². The highest BCUT2D eigenvalue weighted by Gasteiger charge is 2.69. The number of benzene rings is 1. The van der Waals surface area contributed by atoms with E-state index in [1.165, 1.54) is 18.3 Å². The summed E-state index contributed by atoms with van der Waals surface area (Å²) in [5.41, 5.74) is -3.90. The van der Waals surface area contributed by atoms with Gasteiger partial charge in [-0.05, 0) is 54.9 Å². The zero-order valence-electron chi connectivity index (χ0n) is 21.6. The Bertz CT molecular complexity index is 1760. The number of H-pyrrole nitrogens is 1. The SMILES string of the molecule is O=C(N[C@H]1CC2(C1)C[C@H](c1n[nH]c(=O)c3ccccc31)C2)c1cnn2cc(/C=C/C(O)(C(F)(F)F)C(F)(F)F)ccc12. The monoisotopic (exact) mass is 591 g/mol. The molecule has 1 amide bonds. The summed E-state index contributed by atoms with van der Waals surface area (Å²) in [6.45, 7) is 0. The number of nitrogens with zero attached hydrogens (tertiary/aromatic N) is 3. The molecule has 0 bridgehead atoms. The number of aromatic nitrogens is 4. The number of alkyl halides is 6. The average Bonchev–Trinajstić information content (AvgIpc) is 3.31. The summed E-state index contributed by atoms with van der Waals surface area (Å²) >= 11 is 0. The topological polar surface area (TPSA) is 112 Å². The summed E-state index contributed by atoms with van der Waals surface area (Å²) in [7, 11) is 0. The van der Waals surface area contributed by atoms with Crippen molar-refractivity contribution in [3.63, 3.8) is 0 Å². The number of hydrogen-bond acceptors (Lipinski definition) is 5. The Balaban J connectivity index is 1.09. The third kappa shape index (κ3) is 4.53. The number of rotatable bonds is 5. The number of aromatic amines is 1. The molecule has 0 saturated heterocycles. The molecule has 0 atom stereocenters. The first kappa shape index (κ1) is 27.9. The van der Waals surface area contributed by atoms with Crippen molar-refractivity contribution < 1.29 is 36.2 Å². The molecule has 3 N–H and O–H groups in total. The summed E-state index contributed by atoms with van der Waals surface area (Å²) in [6, 6.07) is 9.83. The molecule has 2 aliphatic carbocycles. The number of carbonyl (C=O) groups excluding carboxylic acids is 1. The minimum atomic E-state index is -5.98. The van der Waals surface area contributed by atoms with Crippen molar-refractivity contribution in [1.29, 1.82) is 0 Å². The Morgan fingerprint density at radius 1 is 1.02 bits per heavy atom. The second-order valence-electron chi connectivity index (χ2n) is 11.1. The van der Waals surface area contributed by atoms with Crippen LogP contribution in [0.25, 0.3) is 22.4 Å². The Labute approximate surface area is 233 Å². The first-order chi connectivity index (χ1) is 19.7. The molecule has 0 unspecified atom stereocenters. The molecular weight excluding hydrogens is 568 g/mol. The van der Waals surface area contributed by atoms with Gasteiger partial charge >= 0.3 is 12.4 Å². The fraction of sp³-hybridized carbons (Fsp3) is 0.357. The lowest BCUT2D eigenvalue weighted by Crippen LogP contribution is -2.55. The predicted molar refractivity (Wildman–Crippen MR) is 139 cm³/mol. The van der Waals surface area contributed by atoms with Crippen molar-refractivity contribution in [2.45, 2.75) is 55.6 Å². The van der Waals surface area contributed by atoms with Crippen LogP contribution >= 0.6 is 0 Å². The van der Waals surface area contributed by atoms with Crippen LogP contribution in [0.5, 0.6) is 0 Å². The van der Waals surface area contributed by atoms with Crippen molar-refractivity contribution in [1.82, 2.24) is 25.1 Å². The van der Waals surface area contributed by atoms with Crippen molar-refractivity contribution in [3.05, 3.63) is 82.0 Å². The summed E-state index contributed by atoms with van der Waals surface area (Å²) in [5.74, 6) is -0.199. The van der Waals surface area contributed by atoms with Crippen LogP contribution in [-0.2, 0) is 0 Å². The van der Waals surface area contributed by atoms with E-state index in [4.69, 9.17) is 0 Å².